The van der Waals surface area contributed by atoms with E-state index in [1.165, 1.54) is 6.42 Å². The molecule has 4 rings (SSSR count). The van der Waals surface area contributed by atoms with Crippen LogP contribution in [0.1, 0.15) is 54.4 Å². The Balaban J connectivity index is 1.45. The van der Waals surface area contributed by atoms with Crippen LogP contribution in [0, 0.1) is 5.41 Å². The molecule has 0 aliphatic carbocycles. The van der Waals surface area contributed by atoms with Gasteiger partial charge in [-0.3, -0.25) is 9.59 Å². The molecule has 2 fully saturated rings. The third-order valence-electron chi connectivity index (χ3n) is 7.17. The Labute approximate surface area is 213 Å². The summed E-state index contributed by atoms with van der Waals surface area (Å²) in [7, 11) is 1.65. The molecule has 0 N–H and O–H groups in total. The lowest BCUT2D eigenvalue weighted by Gasteiger charge is -2.42. The van der Waals surface area contributed by atoms with Crippen molar-refractivity contribution in [1.82, 2.24) is 9.80 Å². The number of benzene rings is 2. The van der Waals surface area contributed by atoms with Crippen molar-refractivity contribution < 1.29 is 19.1 Å². The van der Waals surface area contributed by atoms with Crippen LogP contribution < -0.4 is 4.74 Å². The smallest absolute Gasteiger partial charge is 0.253 e. The number of piperidine rings is 2. The Kier molecular flexibility index (Phi) is 8.69. The molecule has 0 unspecified atom stereocenters. The lowest BCUT2D eigenvalue weighted by atomic mass is 9.75. The van der Waals surface area contributed by atoms with Gasteiger partial charge in [0.25, 0.3) is 5.91 Å². The summed E-state index contributed by atoms with van der Waals surface area (Å²) < 4.78 is 11.4. The monoisotopic (exact) mass is 498 g/mol. The zero-order valence-corrected chi connectivity index (χ0v) is 21.3. The topological polar surface area (TPSA) is 59.1 Å². The van der Waals surface area contributed by atoms with Crippen molar-refractivity contribution >= 4 is 23.4 Å². The van der Waals surface area contributed by atoms with Crippen LogP contribution >= 0.6 is 11.6 Å². The number of amides is 2. The fourth-order valence-corrected chi connectivity index (χ4v) is 5.25. The number of hydrogen-bond donors (Lipinski definition) is 0. The van der Waals surface area contributed by atoms with E-state index in [4.69, 9.17) is 21.1 Å². The van der Waals surface area contributed by atoms with Crippen molar-refractivity contribution in [1.29, 1.82) is 0 Å². The van der Waals surface area contributed by atoms with E-state index in [1.54, 1.807) is 13.2 Å². The summed E-state index contributed by atoms with van der Waals surface area (Å²) in [5, 5.41) is 0.622. The van der Waals surface area contributed by atoms with Crippen molar-refractivity contribution in [3.63, 3.8) is 0 Å². The molecule has 7 heteroatoms. The third-order valence-corrected chi connectivity index (χ3v) is 7.41. The van der Waals surface area contributed by atoms with E-state index in [0.29, 0.717) is 49.1 Å². The number of carbonyl (C=O) groups excluding carboxylic acids is 2. The first-order valence-electron chi connectivity index (χ1n) is 12.5. The zero-order chi connectivity index (χ0) is 24.7. The fourth-order valence-electron chi connectivity index (χ4n) is 5.07. The number of rotatable bonds is 8. The molecule has 2 amide bonds. The molecule has 0 atom stereocenters. The van der Waals surface area contributed by atoms with E-state index in [9.17, 15) is 9.59 Å². The SMILES string of the molecule is COCc1cccc(C(=O)N2CCC(COc3cccc(Cl)c3)(CC(=O)N3CCCCC3)CC2)c1. The fraction of sp³-hybridized carbons (Fsp3) is 0.500. The minimum absolute atomic E-state index is 0.0228. The van der Waals surface area contributed by atoms with Crippen LogP contribution in [-0.2, 0) is 16.1 Å². The molecular weight excluding hydrogens is 464 g/mol. The molecule has 2 aliphatic rings. The number of carbonyl (C=O) groups is 2. The van der Waals surface area contributed by atoms with E-state index in [2.05, 4.69) is 0 Å². The lowest BCUT2D eigenvalue weighted by Crippen LogP contribution is -2.48. The van der Waals surface area contributed by atoms with Gasteiger partial charge in [0.15, 0.2) is 0 Å². The Bertz CT molecular complexity index is 1010. The molecule has 2 aromatic carbocycles. The maximum Gasteiger partial charge on any atom is 0.253 e. The van der Waals surface area contributed by atoms with Crippen LogP contribution in [0.25, 0.3) is 0 Å². The minimum Gasteiger partial charge on any atom is -0.493 e. The molecule has 2 heterocycles. The first-order valence-corrected chi connectivity index (χ1v) is 12.9. The highest BCUT2D eigenvalue weighted by Crippen LogP contribution is 2.37. The molecule has 2 saturated heterocycles. The molecule has 0 aromatic heterocycles. The third kappa shape index (κ3) is 6.77. The van der Waals surface area contributed by atoms with E-state index in [-0.39, 0.29) is 17.2 Å². The highest BCUT2D eigenvalue weighted by molar-refractivity contribution is 6.30. The summed E-state index contributed by atoms with van der Waals surface area (Å²) >= 11 is 6.14. The summed E-state index contributed by atoms with van der Waals surface area (Å²) in [6, 6.07) is 15.0. The lowest BCUT2D eigenvalue weighted by molar-refractivity contribution is -0.136. The van der Waals surface area contributed by atoms with Gasteiger partial charge in [0, 0.05) is 55.7 Å². The van der Waals surface area contributed by atoms with Gasteiger partial charge in [-0.15, -0.1) is 0 Å². The van der Waals surface area contributed by atoms with E-state index in [1.807, 2.05) is 52.3 Å². The maximum atomic E-state index is 13.2. The van der Waals surface area contributed by atoms with Gasteiger partial charge in [-0.25, -0.2) is 0 Å². The van der Waals surface area contributed by atoms with Crippen molar-refractivity contribution in [2.24, 2.45) is 5.41 Å². The second kappa shape index (κ2) is 11.9. The van der Waals surface area contributed by atoms with Gasteiger partial charge in [-0.05, 0) is 68.0 Å². The largest absolute Gasteiger partial charge is 0.493 e. The van der Waals surface area contributed by atoms with E-state index in [0.717, 1.165) is 44.3 Å². The zero-order valence-electron chi connectivity index (χ0n) is 20.5. The van der Waals surface area contributed by atoms with Crippen molar-refractivity contribution in [3.05, 3.63) is 64.7 Å². The molecule has 2 aromatic rings. The minimum atomic E-state index is -0.314. The Morgan fingerprint density at radius 3 is 2.40 bits per heavy atom. The standard InChI is InChI=1S/C28H35ClN2O4/c1-34-20-22-7-5-8-23(17-22)27(33)31-15-11-28(12-16-31,19-26(32)30-13-3-2-4-14-30)21-35-25-10-6-9-24(29)18-25/h5-10,17-18H,2-4,11-16,19-21H2,1H3. The molecule has 6 nitrogen and oxygen atoms in total. The van der Waals surface area contributed by atoms with Crippen LogP contribution in [0.5, 0.6) is 5.75 Å². The van der Waals surface area contributed by atoms with Gasteiger partial charge < -0.3 is 19.3 Å². The Morgan fingerprint density at radius 2 is 1.69 bits per heavy atom. The average Bonchev–Trinajstić information content (AvgIpc) is 2.88. The number of hydrogen-bond acceptors (Lipinski definition) is 4. The summed E-state index contributed by atoms with van der Waals surface area (Å²) in [5.74, 6) is 0.928. The molecule has 0 bridgehead atoms. The second-order valence-electron chi connectivity index (χ2n) is 9.79. The highest BCUT2D eigenvalue weighted by atomic mass is 35.5. The van der Waals surface area contributed by atoms with Gasteiger partial charge in [0.05, 0.1) is 13.2 Å². The number of methoxy groups -OCH3 is 1. The number of ether oxygens (including phenoxy) is 2. The first-order chi connectivity index (χ1) is 17.0. The summed E-state index contributed by atoms with van der Waals surface area (Å²) in [6.45, 7) is 3.78. The van der Waals surface area contributed by atoms with Crippen molar-refractivity contribution in [2.75, 3.05) is 39.9 Å². The van der Waals surface area contributed by atoms with Gasteiger partial charge in [0.1, 0.15) is 5.75 Å². The molecule has 0 spiro atoms. The predicted molar refractivity (Wildman–Crippen MR) is 137 cm³/mol. The first kappa shape index (κ1) is 25.5. The maximum absolute atomic E-state index is 13.2. The van der Waals surface area contributed by atoms with Crippen LogP contribution in [0.2, 0.25) is 5.02 Å². The predicted octanol–water partition coefficient (Wildman–Crippen LogP) is 5.19. The molecule has 0 saturated carbocycles. The van der Waals surface area contributed by atoms with Crippen LogP contribution in [0.4, 0.5) is 0 Å². The van der Waals surface area contributed by atoms with Gasteiger partial charge in [-0.1, -0.05) is 29.8 Å². The quantitative estimate of drug-likeness (QED) is 0.502. The summed E-state index contributed by atoms with van der Waals surface area (Å²) in [4.78, 5) is 30.3. The second-order valence-corrected chi connectivity index (χ2v) is 10.2. The normalized spacial score (nSPS) is 17.8. The van der Waals surface area contributed by atoms with Crippen LogP contribution in [0.15, 0.2) is 48.5 Å². The van der Waals surface area contributed by atoms with E-state index < -0.39 is 0 Å². The average molecular weight is 499 g/mol. The number of halogens is 1. The van der Waals surface area contributed by atoms with Gasteiger partial charge >= 0.3 is 0 Å². The summed E-state index contributed by atoms with van der Waals surface area (Å²) in [5.41, 5.74) is 1.34. The molecule has 2 aliphatic heterocycles. The highest BCUT2D eigenvalue weighted by Gasteiger charge is 2.40. The van der Waals surface area contributed by atoms with Gasteiger partial charge in [0.2, 0.25) is 5.91 Å². The van der Waals surface area contributed by atoms with Crippen LogP contribution in [0.3, 0.4) is 0 Å². The van der Waals surface area contributed by atoms with E-state index >= 15 is 0 Å². The van der Waals surface area contributed by atoms with Crippen LogP contribution in [-0.4, -0.2) is 61.5 Å². The Hall–Kier alpha value is -2.57. The Morgan fingerprint density at radius 1 is 0.943 bits per heavy atom. The van der Waals surface area contributed by atoms with Crippen molar-refractivity contribution in [2.45, 2.75) is 45.1 Å². The molecule has 0 radical (unpaired) electrons. The van der Waals surface area contributed by atoms with Crippen molar-refractivity contribution in [3.8, 4) is 5.75 Å². The van der Waals surface area contributed by atoms with Gasteiger partial charge in [-0.2, -0.15) is 0 Å². The molecule has 188 valence electrons. The number of nitrogens with zero attached hydrogens (tertiary/aromatic N) is 2. The number of likely N-dealkylation sites (tertiary alicyclic amines) is 2. The molecular formula is C28H35ClN2O4. The molecule has 35 heavy (non-hydrogen) atoms. The summed E-state index contributed by atoms with van der Waals surface area (Å²) in [6.07, 6.45) is 5.21.